The third kappa shape index (κ3) is 2.76. The number of benzene rings is 1. The van der Waals surface area contributed by atoms with Crippen LogP contribution in [0.2, 0.25) is 0 Å². The van der Waals surface area contributed by atoms with Crippen molar-refractivity contribution in [3.63, 3.8) is 0 Å². The van der Waals surface area contributed by atoms with E-state index in [1.807, 2.05) is 23.1 Å². The number of hydrogen-bond acceptors (Lipinski definition) is 3. The van der Waals surface area contributed by atoms with Crippen LogP contribution in [0.15, 0.2) is 27.6 Å². The van der Waals surface area contributed by atoms with Crippen molar-refractivity contribution < 1.29 is 9.53 Å². The first-order valence-electron chi connectivity index (χ1n) is 7.08. The number of hydrogen-bond donors (Lipinski definition) is 1. The molecular formula is C15H18BrNO2S. The Balaban J connectivity index is 1.85. The van der Waals surface area contributed by atoms with Gasteiger partial charge in [-0.05, 0) is 31.0 Å². The van der Waals surface area contributed by atoms with E-state index in [0.29, 0.717) is 18.7 Å². The molecule has 0 spiro atoms. The summed E-state index contributed by atoms with van der Waals surface area (Å²) in [4.78, 5) is 15.5. The fourth-order valence-corrected chi connectivity index (χ4v) is 4.04. The molecule has 1 aromatic carbocycles. The lowest BCUT2D eigenvalue weighted by Crippen LogP contribution is -2.54. The van der Waals surface area contributed by atoms with E-state index in [9.17, 15) is 4.79 Å². The van der Waals surface area contributed by atoms with Crippen LogP contribution in [0.1, 0.15) is 36.0 Å². The first-order chi connectivity index (χ1) is 9.66. The van der Waals surface area contributed by atoms with Gasteiger partial charge in [-0.2, -0.15) is 0 Å². The van der Waals surface area contributed by atoms with Gasteiger partial charge in [0.1, 0.15) is 0 Å². The van der Waals surface area contributed by atoms with E-state index in [4.69, 9.17) is 4.74 Å². The maximum atomic E-state index is 12.8. The summed E-state index contributed by atoms with van der Waals surface area (Å²) < 4.78 is 6.77. The van der Waals surface area contributed by atoms with Gasteiger partial charge < -0.3 is 9.64 Å². The summed E-state index contributed by atoms with van der Waals surface area (Å²) >= 11 is 7.84. The Labute approximate surface area is 133 Å². The molecular weight excluding hydrogens is 338 g/mol. The van der Waals surface area contributed by atoms with E-state index < -0.39 is 0 Å². The first kappa shape index (κ1) is 14.4. The smallest absolute Gasteiger partial charge is 0.255 e. The third-order valence-corrected chi connectivity index (χ3v) is 5.05. The summed E-state index contributed by atoms with van der Waals surface area (Å²) in [6.07, 6.45) is 4.74. The van der Waals surface area contributed by atoms with Crippen molar-refractivity contribution in [1.29, 1.82) is 0 Å². The number of thiol groups is 1. The van der Waals surface area contributed by atoms with Crippen LogP contribution in [0.25, 0.3) is 0 Å². The molecule has 1 aliphatic carbocycles. The van der Waals surface area contributed by atoms with Gasteiger partial charge in [0.05, 0.1) is 24.3 Å². The number of morpholine rings is 1. The maximum Gasteiger partial charge on any atom is 0.255 e. The Kier molecular flexibility index (Phi) is 4.38. The largest absolute Gasteiger partial charge is 0.374 e. The summed E-state index contributed by atoms with van der Waals surface area (Å²) in [6, 6.07) is 5.85. The molecule has 2 aliphatic rings. The van der Waals surface area contributed by atoms with Gasteiger partial charge in [-0.15, -0.1) is 12.6 Å². The molecule has 2 fully saturated rings. The van der Waals surface area contributed by atoms with E-state index >= 15 is 0 Å². The summed E-state index contributed by atoms with van der Waals surface area (Å²) in [6.45, 7) is 1.33. The van der Waals surface area contributed by atoms with Crippen LogP contribution in [0.3, 0.4) is 0 Å². The highest BCUT2D eigenvalue weighted by Gasteiger charge is 2.37. The molecule has 3 nitrogen and oxygen atoms in total. The van der Waals surface area contributed by atoms with Crippen LogP contribution >= 0.6 is 28.6 Å². The van der Waals surface area contributed by atoms with E-state index in [-0.39, 0.29) is 18.1 Å². The van der Waals surface area contributed by atoms with Crippen LogP contribution in [0, 0.1) is 0 Å². The predicted molar refractivity (Wildman–Crippen MR) is 84.4 cm³/mol. The Morgan fingerprint density at radius 2 is 2.15 bits per heavy atom. The van der Waals surface area contributed by atoms with Gasteiger partial charge in [0.2, 0.25) is 0 Å². The van der Waals surface area contributed by atoms with Gasteiger partial charge in [0, 0.05) is 15.9 Å². The molecule has 1 saturated carbocycles. The van der Waals surface area contributed by atoms with Gasteiger partial charge in [-0.1, -0.05) is 28.8 Å². The minimum absolute atomic E-state index is 0.0858. The number of carbonyl (C=O) groups excluding carboxylic acids is 1. The van der Waals surface area contributed by atoms with E-state index in [0.717, 1.165) is 22.2 Å². The zero-order valence-electron chi connectivity index (χ0n) is 11.2. The van der Waals surface area contributed by atoms with Crippen molar-refractivity contribution in [2.45, 2.75) is 42.7 Å². The minimum Gasteiger partial charge on any atom is -0.374 e. The third-order valence-electron chi connectivity index (χ3n) is 4.18. The van der Waals surface area contributed by atoms with E-state index in [1.165, 1.54) is 12.8 Å². The molecule has 1 aliphatic heterocycles. The molecule has 1 saturated heterocycles. The van der Waals surface area contributed by atoms with Crippen LogP contribution < -0.4 is 0 Å². The van der Waals surface area contributed by atoms with Crippen molar-refractivity contribution in [1.82, 2.24) is 4.90 Å². The molecule has 3 rings (SSSR count). The SMILES string of the molecule is O=C(c1ccc(Br)cc1S)N1CCOC2CCCCC21. The summed E-state index contributed by atoms with van der Waals surface area (Å²) in [5.41, 5.74) is 0.683. The lowest BCUT2D eigenvalue weighted by molar-refractivity contribution is -0.0753. The number of ether oxygens (including phenoxy) is 1. The van der Waals surface area contributed by atoms with Crippen molar-refractivity contribution in [2.24, 2.45) is 0 Å². The van der Waals surface area contributed by atoms with E-state index in [2.05, 4.69) is 28.6 Å². The number of nitrogens with zero attached hydrogens (tertiary/aromatic N) is 1. The van der Waals surface area contributed by atoms with Gasteiger partial charge in [0.25, 0.3) is 5.91 Å². The summed E-state index contributed by atoms with van der Waals surface area (Å²) in [7, 11) is 0. The molecule has 0 aromatic heterocycles. The number of amides is 1. The lowest BCUT2D eigenvalue weighted by atomic mass is 9.89. The quantitative estimate of drug-likeness (QED) is 0.781. The summed E-state index contributed by atoms with van der Waals surface area (Å²) in [5, 5.41) is 0. The van der Waals surface area contributed by atoms with Crippen molar-refractivity contribution in [3.05, 3.63) is 28.2 Å². The number of rotatable bonds is 1. The highest BCUT2D eigenvalue weighted by Crippen LogP contribution is 2.30. The zero-order valence-corrected chi connectivity index (χ0v) is 13.7. The molecule has 0 radical (unpaired) electrons. The number of halogens is 1. The Hall–Kier alpha value is -0.520. The normalized spacial score (nSPS) is 26.2. The van der Waals surface area contributed by atoms with Crippen LogP contribution in [-0.2, 0) is 4.74 Å². The van der Waals surface area contributed by atoms with Crippen molar-refractivity contribution in [3.8, 4) is 0 Å². The van der Waals surface area contributed by atoms with E-state index in [1.54, 1.807) is 0 Å². The Bertz CT molecular complexity index is 521. The molecule has 20 heavy (non-hydrogen) atoms. The van der Waals surface area contributed by atoms with Crippen LogP contribution in [0.5, 0.6) is 0 Å². The van der Waals surface area contributed by atoms with Gasteiger partial charge in [-0.25, -0.2) is 0 Å². The Morgan fingerprint density at radius 3 is 2.95 bits per heavy atom. The summed E-state index contributed by atoms with van der Waals surface area (Å²) in [5.74, 6) is 0.0858. The average Bonchev–Trinajstić information content (AvgIpc) is 2.46. The number of fused-ring (bicyclic) bond motifs is 1. The second-order valence-corrected chi connectivity index (χ2v) is 6.82. The monoisotopic (exact) mass is 355 g/mol. The lowest BCUT2D eigenvalue weighted by Gasteiger charge is -2.43. The molecule has 0 bridgehead atoms. The molecule has 0 N–H and O–H groups in total. The van der Waals surface area contributed by atoms with Crippen molar-refractivity contribution in [2.75, 3.05) is 13.2 Å². The molecule has 5 heteroatoms. The minimum atomic E-state index is 0.0858. The molecule has 108 valence electrons. The topological polar surface area (TPSA) is 29.5 Å². The second-order valence-electron chi connectivity index (χ2n) is 5.42. The first-order valence-corrected chi connectivity index (χ1v) is 8.32. The highest BCUT2D eigenvalue weighted by molar-refractivity contribution is 9.10. The molecule has 2 unspecified atom stereocenters. The molecule has 1 heterocycles. The van der Waals surface area contributed by atoms with Gasteiger partial charge in [0.15, 0.2) is 0 Å². The highest BCUT2D eigenvalue weighted by atomic mass is 79.9. The molecule has 1 aromatic rings. The second kappa shape index (κ2) is 6.08. The maximum absolute atomic E-state index is 12.8. The predicted octanol–water partition coefficient (Wildman–Crippen LogP) is 3.52. The van der Waals surface area contributed by atoms with Crippen LogP contribution in [-0.4, -0.2) is 36.1 Å². The van der Waals surface area contributed by atoms with Gasteiger partial charge in [-0.3, -0.25) is 4.79 Å². The molecule has 1 amide bonds. The van der Waals surface area contributed by atoms with Crippen LogP contribution in [0.4, 0.5) is 0 Å². The molecule has 2 atom stereocenters. The van der Waals surface area contributed by atoms with Crippen molar-refractivity contribution >= 4 is 34.5 Å². The van der Waals surface area contributed by atoms with Gasteiger partial charge >= 0.3 is 0 Å². The zero-order chi connectivity index (χ0) is 14.1. The fourth-order valence-electron chi connectivity index (χ4n) is 3.19. The Morgan fingerprint density at radius 1 is 1.35 bits per heavy atom. The fraction of sp³-hybridized carbons (Fsp3) is 0.533. The standard InChI is InChI=1S/C15H18BrNO2S/c16-10-5-6-11(14(20)9-10)15(18)17-7-8-19-13-4-2-1-3-12(13)17/h5-6,9,12-13,20H,1-4,7-8H2. The average molecular weight is 356 g/mol. The number of carbonyl (C=O) groups is 1.